The van der Waals surface area contributed by atoms with Crippen LogP contribution in [0.1, 0.15) is 80.9 Å². The average molecular weight is 753 g/mol. The molecule has 0 bridgehead atoms. The van der Waals surface area contributed by atoms with E-state index in [9.17, 15) is 22.8 Å². The summed E-state index contributed by atoms with van der Waals surface area (Å²) in [6.45, 7) is 5.40. The van der Waals surface area contributed by atoms with Gasteiger partial charge in [-0.2, -0.15) is 12.7 Å². The first-order valence-electron chi connectivity index (χ1n) is 18.1. The fourth-order valence-corrected chi connectivity index (χ4v) is 6.89. The van der Waals surface area contributed by atoms with E-state index in [1.54, 1.807) is 18.2 Å². The predicted octanol–water partition coefficient (Wildman–Crippen LogP) is 6.67. The van der Waals surface area contributed by atoms with Crippen molar-refractivity contribution >= 4 is 50.4 Å². The number of likely N-dealkylation sites (N-methyl/N-ethyl adjacent to an activating group) is 1. The van der Waals surface area contributed by atoms with Gasteiger partial charge < -0.3 is 20.7 Å². The van der Waals surface area contributed by atoms with Crippen LogP contribution >= 0.6 is 0 Å². The molecule has 6 N–H and O–H groups in total. The van der Waals surface area contributed by atoms with Gasteiger partial charge in [-0.05, 0) is 91.3 Å². The second kappa shape index (κ2) is 18.1. The number of benzene rings is 4. The minimum atomic E-state index is -3.80. The Morgan fingerprint density at radius 3 is 2.06 bits per heavy atom. The Morgan fingerprint density at radius 1 is 0.778 bits per heavy atom. The van der Waals surface area contributed by atoms with Gasteiger partial charge in [-0.25, -0.2) is 9.93 Å². The third-order valence-corrected chi connectivity index (χ3v) is 10.7. The van der Waals surface area contributed by atoms with Crippen molar-refractivity contribution in [2.24, 2.45) is 5.14 Å². The van der Waals surface area contributed by atoms with Crippen molar-refractivity contribution in [1.82, 2.24) is 14.2 Å². The van der Waals surface area contributed by atoms with Crippen molar-refractivity contribution in [2.75, 3.05) is 30.8 Å². The highest BCUT2D eigenvalue weighted by Gasteiger charge is 2.22. The molecule has 0 aliphatic heterocycles. The number of carbonyl (C=O) groups excluding carboxylic acids is 2. The van der Waals surface area contributed by atoms with Crippen molar-refractivity contribution in [2.45, 2.75) is 58.5 Å². The van der Waals surface area contributed by atoms with Crippen LogP contribution in [0.2, 0.25) is 0 Å². The maximum absolute atomic E-state index is 13.8. The molecule has 5 rings (SSSR count). The summed E-state index contributed by atoms with van der Waals surface area (Å²) in [5.74, 6) is -1.42. The third kappa shape index (κ3) is 10.4. The van der Waals surface area contributed by atoms with E-state index >= 15 is 0 Å². The topological polar surface area (TPSA) is 178 Å². The van der Waals surface area contributed by atoms with E-state index in [1.807, 2.05) is 78.9 Å². The summed E-state index contributed by atoms with van der Waals surface area (Å²) >= 11 is 0. The molecule has 5 aromatic rings. The number of anilines is 2. The van der Waals surface area contributed by atoms with E-state index in [-0.39, 0.29) is 35.8 Å². The standard InChI is InChI=1S/C41H48N6O6S/c1-4-34(5-2)47(25-24-46(3)54(42,52)53)27-30-12-9-13-32(26-30)39(48)45-38-37(35-14-6-7-15-36(35)44-38)40(49)43-33-22-18-29(19-23-33)11-8-10-28-16-20-31(21-17-28)41(50)51/h6-7,9,12-23,26,34,44H,4-5,8,10-11,24-25,27H2,1-3H3,(H,43,49)(H,45,48)(H,50,51)(H2,42,52,53). The number of hydrogen-bond donors (Lipinski definition) is 5. The second-order valence-corrected chi connectivity index (χ2v) is 15.0. The maximum Gasteiger partial charge on any atom is 0.335 e. The van der Waals surface area contributed by atoms with E-state index in [2.05, 4.69) is 34.4 Å². The minimum Gasteiger partial charge on any atom is -0.478 e. The highest BCUT2D eigenvalue weighted by Crippen LogP contribution is 2.28. The van der Waals surface area contributed by atoms with Crippen molar-refractivity contribution in [3.63, 3.8) is 0 Å². The van der Waals surface area contributed by atoms with Gasteiger partial charge in [-0.15, -0.1) is 0 Å². The van der Waals surface area contributed by atoms with Crippen molar-refractivity contribution < 1.29 is 27.9 Å². The number of aromatic amines is 1. The number of carboxylic acids is 1. The molecular weight excluding hydrogens is 705 g/mol. The Balaban J connectivity index is 1.26. The zero-order valence-electron chi connectivity index (χ0n) is 30.8. The summed E-state index contributed by atoms with van der Waals surface area (Å²) in [6.07, 6.45) is 4.27. The van der Waals surface area contributed by atoms with Crippen LogP contribution in [0.25, 0.3) is 10.9 Å². The van der Waals surface area contributed by atoms with Crippen LogP contribution < -0.4 is 15.8 Å². The molecule has 1 heterocycles. The molecule has 0 aliphatic carbocycles. The number of aromatic nitrogens is 1. The first kappa shape index (κ1) is 39.9. The fraction of sp³-hybridized carbons (Fsp3) is 0.293. The van der Waals surface area contributed by atoms with Crippen molar-refractivity contribution in [1.29, 1.82) is 0 Å². The van der Waals surface area contributed by atoms with E-state index in [0.717, 1.165) is 53.1 Å². The molecule has 0 spiro atoms. The van der Waals surface area contributed by atoms with Gasteiger partial charge in [0.25, 0.3) is 22.0 Å². The van der Waals surface area contributed by atoms with Crippen LogP contribution in [0.4, 0.5) is 11.5 Å². The van der Waals surface area contributed by atoms with E-state index in [0.29, 0.717) is 40.8 Å². The quantitative estimate of drug-likeness (QED) is 0.0664. The number of nitrogens with zero attached hydrogens (tertiary/aromatic N) is 2. The lowest BCUT2D eigenvalue weighted by atomic mass is 10.0. The molecule has 0 saturated heterocycles. The van der Waals surface area contributed by atoms with E-state index < -0.39 is 16.2 Å². The van der Waals surface area contributed by atoms with Gasteiger partial charge in [0.05, 0.1) is 11.1 Å². The van der Waals surface area contributed by atoms with Gasteiger partial charge in [-0.1, -0.05) is 68.4 Å². The maximum atomic E-state index is 13.8. The molecular formula is C41H48N6O6S. The summed E-state index contributed by atoms with van der Waals surface area (Å²) in [4.78, 5) is 44.0. The number of para-hydroxylation sites is 1. The molecule has 0 atom stereocenters. The number of hydrogen-bond acceptors (Lipinski definition) is 6. The van der Waals surface area contributed by atoms with Gasteiger partial charge in [0, 0.05) is 54.9 Å². The first-order chi connectivity index (χ1) is 25.9. The van der Waals surface area contributed by atoms with Crippen LogP contribution in [-0.4, -0.2) is 71.7 Å². The number of aromatic carboxylic acids is 1. The van der Waals surface area contributed by atoms with Crippen LogP contribution in [-0.2, 0) is 29.6 Å². The predicted molar refractivity (Wildman–Crippen MR) is 213 cm³/mol. The summed E-state index contributed by atoms with van der Waals surface area (Å²) in [6, 6.07) is 29.4. The Kier molecular flexibility index (Phi) is 13.4. The summed E-state index contributed by atoms with van der Waals surface area (Å²) in [5, 5.41) is 21.0. The van der Waals surface area contributed by atoms with Crippen LogP contribution in [0, 0.1) is 0 Å². The molecule has 0 saturated carbocycles. The van der Waals surface area contributed by atoms with Gasteiger partial charge in [0.1, 0.15) is 5.82 Å². The van der Waals surface area contributed by atoms with Gasteiger partial charge in [0.15, 0.2) is 0 Å². The molecule has 13 heteroatoms. The van der Waals surface area contributed by atoms with Gasteiger partial charge in [-0.3, -0.25) is 14.5 Å². The van der Waals surface area contributed by atoms with Crippen LogP contribution in [0.3, 0.4) is 0 Å². The molecule has 1 aromatic heterocycles. The Bertz CT molecular complexity index is 2180. The lowest BCUT2D eigenvalue weighted by Crippen LogP contribution is -2.42. The SMILES string of the molecule is CCC(CC)N(CCN(C)S(N)(=O)=O)Cc1cccc(C(=O)Nc2[nH]c3ccccc3c2C(=O)Nc2ccc(CCCc3ccc(C(=O)O)cc3)cc2)c1. The largest absolute Gasteiger partial charge is 0.478 e. The summed E-state index contributed by atoms with van der Waals surface area (Å²) < 4.78 is 24.7. The summed E-state index contributed by atoms with van der Waals surface area (Å²) in [5.41, 5.74) is 5.38. The molecule has 0 radical (unpaired) electrons. The Labute approximate surface area is 316 Å². The number of carbonyl (C=O) groups is 3. The molecule has 0 unspecified atom stereocenters. The lowest BCUT2D eigenvalue weighted by molar-refractivity contribution is 0.0696. The van der Waals surface area contributed by atoms with Crippen molar-refractivity contribution in [3.8, 4) is 0 Å². The lowest BCUT2D eigenvalue weighted by Gasteiger charge is -2.31. The molecule has 4 aromatic carbocycles. The Morgan fingerprint density at radius 2 is 1.43 bits per heavy atom. The average Bonchev–Trinajstić information content (AvgIpc) is 3.52. The van der Waals surface area contributed by atoms with Crippen molar-refractivity contribution in [3.05, 3.63) is 130 Å². The molecule has 54 heavy (non-hydrogen) atoms. The fourth-order valence-electron chi connectivity index (χ4n) is 6.55. The highest BCUT2D eigenvalue weighted by molar-refractivity contribution is 7.86. The van der Waals surface area contributed by atoms with Gasteiger partial charge in [0.2, 0.25) is 0 Å². The van der Waals surface area contributed by atoms with Crippen LogP contribution in [0.15, 0.2) is 97.1 Å². The number of H-pyrrole nitrogens is 1. The normalized spacial score (nSPS) is 11.8. The summed E-state index contributed by atoms with van der Waals surface area (Å²) in [7, 11) is -2.34. The molecule has 0 fully saturated rings. The van der Waals surface area contributed by atoms with Gasteiger partial charge >= 0.3 is 5.97 Å². The monoisotopic (exact) mass is 752 g/mol. The third-order valence-electron chi connectivity index (χ3n) is 9.69. The number of amides is 2. The number of nitrogens with two attached hydrogens (primary N) is 1. The zero-order chi connectivity index (χ0) is 38.8. The number of nitrogens with one attached hydrogen (secondary N) is 3. The van der Waals surface area contributed by atoms with E-state index in [1.165, 1.54) is 7.05 Å². The number of carboxylic acid groups (broad SMARTS) is 1. The Hall–Kier alpha value is -5.34. The molecule has 12 nitrogen and oxygen atoms in total. The highest BCUT2D eigenvalue weighted by atomic mass is 32.2. The zero-order valence-corrected chi connectivity index (χ0v) is 31.7. The van der Waals surface area contributed by atoms with Crippen LogP contribution in [0.5, 0.6) is 0 Å². The number of fused-ring (bicyclic) bond motifs is 1. The molecule has 0 aliphatic rings. The minimum absolute atomic E-state index is 0.205. The second-order valence-electron chi connectivity index (χ2n) is 13.4. The number of aryl methyl sites for hydroxylation is 2. The molecule has 284 valence electrons. The number of rotatable bonds is 18. The van der Waals surface area contributed by atoms with E-state index in [4.69, 9.17) is 10.2 Å². The molecule has 2 amide bonds. The smallest absolute Gasteiger partial charge is 0.335 e. The first-order valence-corrected chi connectivity index (χ1v) is 19.6.